The Bertz CT molecular complexity index is 910. The van der Waals surface area contributed by atoms with Crippen LogP contribution in [0.1, 0.15) is 28.3 Å². The predicted octanol–water partition coefficient (Wildman–Crippen LogP) is 2.92. The van der Waals surface area contributed by atoms with Crippen molar-refractivity contribution in [1.82, 2.24) is 0 Å². The molecule has 2 heterocycles. The normalized spacial score (nSPS) is 23.0. The van der Waals surface area contributed by atoms with Gasteiger partial charge >= 0.3 is 0 Å². The van der Waals surface area contributed by atoms with Gasteiger partial charge in [-0.2, -0.15) is 0 Å². The number of aromatic hydroxyl groups is 2. The Hall–Kier alpha value is -2.60. The second-order valence-electron chi connectivity index (χ2n) is 7.62. The molecule has 0 aliphatic carbocycles. The summed E-state index contributed by atoms with van der Waals surface area (Å²) in [4.78, 5) is 0. The zero-order chi connectivity index (χ0) is 19.3. The zero-order valence-electron chi connectivity index (χ0n) is 16.2. The molecule has 4 rings (SSSR count). The van der Waals surface area contributed by atoms with E-state index in [2.05, 4.69) is 7.05 Å². The Morgan fingerprint density at radius 1 is 0.963 bits per heavy atom. The Kier molecular flexibility index (Phi) is 4.11. The molecular weight excluding hydrogens is 346 g/mol. The van der Waals surface area contributed by atoms with E-state index in [0.717, 1.165) is 46.1 Å². The summed E-state index contributed by atoms with van der Waals surface area (Å²) in [5.41, 5.74) is 4.07. The van der Waals surface area contributed by atoms with Gasteiger partial charge in [0.15, 0.2) is 23.0 Å². The number of fused-ring (bicyclic) bond motifs is 4. The molecule has 0 unspecified atom stereocenters. The van der Waals surface area contributed by atoms with E-state index in [4.69, 9.17) is 14.2 Å². The molecule has 27 heavy (non-hydrogen) atoms. The summed E-state index contributed by atoms with van der Waals surface area (Å²) in [5.74, 6) is 1.85. The Balaban J connectivity index is 1.87. The predicted molar refractivity (Wildman–Crippen MR) is 101 cm³/mol. The van der Waals surface area contributed by atoms with E-state index in [0.29, 0.717) is 23.8 Å². The first-order valence-corrected chi connectivity index (χ1v) is 9.12. The van der Waals surface area contributed by atoms with Crippen LogP contribution in [0.15, 0.2) is 18.2 Å². The summed E-state index contributed by atoms with van der Waals surface area (Å²) in [6.07, 6.45) is 1.57. The third-order valence-corrected chi connectivity index (χ3v) is 6.24. The summed E-state index contributed by atoms with van der Waals surface area (Å²) in [6.45, 7) is 1.61. The molecular formula is C21H26NO5+. The van der Waals surface area contributed by atoms with Crippen LogP contribution < -0.4 is 14.2 Å². The number of likely N-dealkylation sites (N-methyl/N-ethyl adjacent to an activating group) is 1. The summed E-state index contributed by atoms with van der Waals surface area (Å²) < 4.78 is 16.8. The van der Waals surface area contributed by atoms with Crippen LogP contribution in [0.3, 0.4) is 0 Å². The molecule has 2 aliphatic heterocycles. The fraction of sp³-hybridized carbons (Fsp3) is 0.429. The van der Waals surface area contributed by atoms with Gasteiger partial charge in [0.25, 0.3) is 0 Å². The van der Waals surface area contributed by atoms with Crippen LogP contribution in [0.25, 0.3) is 0 Å². The van der Waals surface area contributed by atoms with Crippen LogP contribution in [-0.4, -0.2) is 49.6 Å². The van der Waals surface area contributed by atoms with Crippen LogP contribution in [0, 0.1) is 0 Å². The molecule has 6 nitrogen and oxygen atoms in total. The number of nitrogens with zero attached hydrogens (tertiary/aromatic N) is 1. The van der Waals surface area contributed by atoms with Crippen molar-refractivity contribution in [3.63, 3.8) is 0 Å². The van der Waals surface area contributed by atoms with Gasteiger partial charge in [-0.15, -0.1) is 0 Å². The fourth-order valence-corrected chi connectivity index (χ4v) is 4.73. The number of hydrogen-bond donors (Lipinski definition) is 2. The van der Waals surface area contributed by atoms with Crippen molar-refractivity contribution in [1.29, 1.82) is 0 Å². The van der Waals surface area contributed by atoms with Crippen LogP contribution in [0.2, 0.25) is 0 Å². The number of phenols is 2. The molecule has 2 N–H and O–H groups in total. The van der Waals surface area contributed by atoms with Crippen molar-refractivity contribution in [2.24, 2.45) is 0 Å². The van der Waals surface area contributed by atoms with E-state index < -0.39 is 0 Å². The van der Waals surface area contributed by atoms with E-state index in [1.807, 2.05) is 18.2 Å². The lowest BCUT2D eigenvalue weighted by Crippen LogP contribution is -2.53. The molecule has 2 atom stereocenters. The number of quaternary nitrogens is 1. The first kappa shape index (κ1) is 17.8. The minimum Gasteiger partial charge on any atom is -0.504 e. The largest absolute Gasteiger partial charge is 0.504 e. The van der Waals surface area contributed by atoms with Crippen molar-refractivity contribution in [2.45, 2.75) is 25.4 Å². The van der Waals surface area contributed by atoms with Gasteiger partial charge in [0.1, 0.15) is 12.6 Å². The van der Waals surface area contributed by atoms with E-state index in [-0.39, 0.29) is 17.5 Å². The van der Waals surface area contributed by atoms with Crippen molar-refractivity contribution in [3.8, 4) is 28.7 Å². The number of hydrogen-bond acceptors (Lipinski definition) is 5. The van der Waals surface area contributed by atoms with Crippen LogP contribution in [0.5, 0.6) is 28.7 Å². The molecule has 0 aromatic heterocycles. The minimum absolute atomic E-state index is 0.0915. The second kappa shape index (κ2) is 6.23. The molecule has 0 saturated heterocycles. The third-order valence-electron chi connectivity index (χ3n) is 6.24. The first-order chi connectivity index (χ1) is 12.9. The first-order valence-electron chi connectivity index (χ1n) is 9.12. The second-order valence-corrected chi connectivity index (χ2v) is 7.62. The SMILES string of the molecule is COc1ccc2c(c1O)C[N@+]1(C)CCc3cc(OC)c(OC)c(O)c3[C@@H]1C2. The summed E-state index contributed by atoms with van der Waals surface area (Å²) >= 11 is 0. The van der Waals surface area contributed by atoms with Gasteiger partial charge in [-0.1, -0.05) is 6.07 Å². The fourth-order valence-electron chi connectivity index (χ4n) is 4.73. The highest BCUT2D eigenvalue weighted by Crippen LogP contribution is 2.52. The van der Waals surface area contributed by atoms with E-state index >= 15 is 0 Å². The van der Waals surface area contributed by atoms with Crippen molar-refractivity contribution < 1.29 is 28.9 Å². The molecule has 0 saturated carbocycles. The molecule has 2 aromatic carbocycles. The third kappa shape index (κ3) is 2.51. The minimum atomic E-state index is 0.0915. The lowest BCUT2D eigenvalue weighted by Gasteiger charge is -2.49. The quantitative estimate of drug-likeness (QED) is 0.811. The highest BCUT2D eigenvalue weighted by Gasteiger charge is 2.46. The molecule has 0 amide bonds. The van der Waals surface area contributed by atoms with Crippen molar-refractivity contribution in [2.75, 3.05) is 34.9 Å². The highest BCUT2D eigenvalue weighted by atomic mass is 16.5. The number of ether oxygens (including phenoxy) is 3. The van der Waals surface area contributed by atoms with Crippen LogP contribution in [0.4, 0.5) is 0 Å². The van der Waals surface area contributed by atoms with E-state index in [9.17, 15) is 10.2 Å². The Morgan fingerprint density at radius 3 is 2.37 bits per heavy atom. The van der Waals surface area contributed by atoms with Gasteiger partial charge in [0.05, 0.1) is 46.0 Å². The van der Waals surface area contributed by atoms with Gasteiger partial charge in [-0.3, -0.25) is 0 Å². The van der Waals surface area contributed by atoms with E-state index in [1.165, 1.54) is 0 Å². The van der Waals surface area contributed by atoms with Gasteiger partial charge in [-0.25, -0.2) is 0 Å². The van der Waals surface area contributed by atoms with Gasteiger partial charge in [-0.05, 0) is 23.3 Å². The van der Waals surface area contributed by atoms with Crippen molar-refractivity contribution >= 4 is 0 Å². The maximum absolute atomic E-state index is 11.0. The summed E-state index contributed by atoms with van der Waals surface area (Å²) in [6, 6.07) is 5.90. The van der Waals surface area contributed by atoms with Crippen LogP contribution in [-0.2, 0) is 19.4 Å². The number of benzene rings is 2. The number of methoxy groups -OCH3 is 3. The molecule has 144 valence electrons. The molecule has 0 bridgehead atoms. The number of phenolic OH excluding ortho intramolecular Hbond substituents is 2. The molecule has 0 spiro atoms. The van der Waals surface area contributed by atoms with Crippen LogP contribution >= 0.6 is 0 Å². The molecule has 0 radical (unpaired) electrons. The molecule has 2 aliphatic rings. The Labute approximate surface area is 159 Å². The zero-order valence-corrected chi connectivity index (χ0v) is 16.2. The van der Waals surface area contributed by atoms with Gasteiger partial charge < -0.3 is 28.9 Å². The lowest BCUT2D eigenvalue weighted by atomic mass is 9.81. The maximum Gasteiger partial charge on any atom is 0.203 e. The number of rotatable bonds is 3. The smallest absolute Gasteiger partial charge is 0.203 e. The van der Waals surface area contributed by atoms with Gasteiger partial charge in [0, 0.05) is 12.8 Å². The summed E-state index contributed by atoms with van der Waals surface area (Å²) in [7, 11) is 6.88. The lowest BCUT2D eigenvalue weighted by molar-refractivity contribution is -0.956. The van der Waals surface area contributed by atoms with Crippen molar-refractivity contribution in [3.05, 3.63) is 40.5 Å². The molecule has 0 fully saturated rings. The van der Waals surface area contributed by atoms with Gasteiger partial charge in [0.2, 0.25) is 5.75 Å². The monoisotopic (exact) mass is 372 g/mol. The maximum atomic E-state index is 11.0. The standard InChI is InChI=1S/C21H25NO5/c1-22-8-7-13-10-17(26-3)21(27-4)20(24)18(13)15(22)9-12-5-6-16(25-2)19(23)14(12)11-22/h5-6,10,15H,7-9,11H2,1-4H3,(H-,23,24)/p+1/t15-,22-/m0/s1. The Morgan fingerprint density at radius 2 is 1.70 bits per heavy atom. The molecule has 2 aromatic rings. The van der Waals surface area contributed by atoms with E-state index in [1.54, 1.807) is 21.3 Å². The topological polar surface area (TPSA) is 68.2 Å². The average molecular weight is 372 g/mol. The molecule has 6 heteroatoms. The average Bonchev–Trinajstić information content (AvgIpc) is 2.67. The highest BCUT2D eigenvalue weighted by molar-refractivity contribution is 5.60. The summed E-state index contributed by atoms with van der Waals surface area (Å²) in [5, 5.41) is 21.6.